The summed E-state index contributed by atoms with van der Waals surface area (Å²) in [5, 5.41) is 7.43. The molecule has 0 aliphatic heterocycles. The standard InChI is InChI=1S/C9H7BrF2N4/c10-7-1-5(11)2-8(12)9(7)16-4-6(3-13)14-15-16/h1-2,4H,3,13H2. The van der Waals surface area contributed by atoms with Crippen molar-refractivity contribution in [2.24, 2.45) is 5.73 Å². The molecular formula is C9H7BrF2N4. The normalized spacial score (nSPS) is 10.8. The molecule has 0 aliphatic rings. The molecule has 0 atom stereocenters. The van der Waals surface area contributed by atoms with E-state index in [9.17, 15) is 8.78 Å². The van der Waals surface area contributed by atoms with Crippen molar-refractivity contribution in [3.63, 3.8) is 0 Å². The number of benzene rings is 1. The maximum absolute atomic E-state index is 13.5. The fourth-order valence-electron chi connectivity index (χ4n) is 1.25. The number of nitrogens with zero attached hydrogens (tertiary/aromatic N) is 3. The Hall–Kier alpha value is -1.34. The first kappa shape index (κ1) is 11.2. The molecule has 0 bridgehead atoms. The number of hydrogen-bond donors (Lipinski definition) is 1. The van der Waals surface area contributed by atoms with Crippen molar-refractivity contribution in [1.82, 2.24) is 15.0 Å². The van der Waals surface area contributed by atoms with Crippen molar-refractivity contribution in [2.45, 2.75) is 6.54 Å². The Labute approximate surface area is 98.2 Å². The van der Waals surface area contributed by atoms with E-state index in [0.717, 1.165) is 12.1 Å². The summed E-state index contributed by atoms with van der Waals surface area (Å²) in [6, 6.07) is 1.94. The van der Waals surface area contributed by atoms with Crippen molar-refractivity contribution in [3.8, 4) is 5.69 Å². The van der Waals surface area contributed by atoms with Crippen molar-refractivity contribution < 1.29 is 8.78 Å². The molecule has 0 fully saturated rings. The van der Waals surface area contributed by atoms with E-state index in [1.165, 1.54) is 10.9 Å². The van der Waals surface area contributed by atoms with Crippen molar-refractivity contribution in [2.75, 3.05) is 0 Å². The van der Waals surface area contributed by atoms with Crippen molar-refractivity contribution in [1.29, 1.82) is 0 Å². The van der Waals surface area contributed by atoms with E-state index in [1.807, 2.05) is 0 Å². The van der Waals surface area contributed by atoms with Gasteiger partial charge in [0.15, 0.2) is 5.82 Å². The monoisotopic (exact) mass is 288 g/mol. The Kier molecular flexibility index (Phi) is 2.97. The first-order valence-electron chi connectivity index (χ1n) is 4.38. The van der Waals surface area contributed by atoms with Crippen LogP contribution in [0.5, 0.6) is 0 Å². The Morgan fingerprint density at radius 3 is 2.69 bits per heavy atom. The molecular weight excluding hydrogens is 282 g/mol. The fourth-order valence-corrected chi connectivity index (χ4v) is 1.84. The van der Waals surface area contributed by atoms with Crippen LogP contribution in [0.2, 0.25) is 0 Å². The van der Waals surface area contributed by atoms with Crippen LogP contribution in [0.4, 0.5) is 8.78 Å². The summed E-state index contributed by atoms with van der Waals surface area (Å²) in [5.41, 5.74) is 5.99. The van der Waals surface area contributed by atoms with Gasteiger partial charge in [-0.25, -0.2) is 13.5 Å². The highest BCUT2D eigenvalue weighted by atomic mass is 79.9. The highest BCUT2D eigenvalue weighted by molar-refractivity contribution is 9.10. The lowest BCUT2D eigenvalue weighted by molar-refractivity contribution is 0.570. The SMILES string of the molecule is NCc1cn(-c2c(F)cc(F)cc2Br)nn1. The molecule has 2 rings (SSSR count). The molecule has 84 valence electrons. The molecule has 0 unspecified atom stereocenters. The zero-order valence-corrected chi connectivity index (χ0v) is 9.58. The third kappa shape index (κ3) is 1.96. The quantitative estimate of drug-likeness (QED) is 0.916. The Bertz CT molecular complexity index is 503. The van der Waals surface area contributed by atoms with Crippen molar-refractivity contribution >= 4 is 15.9 Å². The molecule has 1 aromatic carbocycles. The predicted molar refractivity (Wildman–Crippen MR) is 56.9 cm³/mol. The molecule has 1 heterocycles. The lowest BCUT2D eigenvalue weighted by atomic mass is 10.3. The summed E-state index contributed by atoms with van der Waals surface area (Å²) in [5.74, 6) is -1.38. The van der Waals surface area contributed by atoms with E-state index in [2.05, 4.69) is 26.2 Å². The fraction of sp³-hybridized carbons (Fsp3) is 0.111. The van der Waals surface area contributed by atoms with Crippen LogP contribution < -0.4 is 5.73 Å². The van der Waals surface area contributed by atoms with E-state index in [1.54, 1.807) is 0 Å². The van der Waals surface area contributed by atoms with E-state index in [4.69, 9.17) is 5.73 Å². The third-order valence-corrected chi connectivity index (χ3v) is 2.57. The van der Waals surface area contributed by atoms with Gasteiger partial charge in [-0.1, -0.05) is 5.21 Å². The van der Waals surface area contributed by atoms with Crippen LogP contribution in [0.3, 0.4) is 0 Å². The van der Waals surface area contributed by atoms with Crippen LogP contribution in [-0.4, -0.2) is 15.0 Å². The first-order chi connectivity index (χ1) is 7.61. The second kappa shape index (κ2) is 4.26. The number of aromatic nitrogens is 3. The van der Waals surface area contributed by atoms with Crippen LogP contribution >= 0.6 is 15.9 Å². The van der Waals surface area contributed by atoms with Gasteiger partial charge in [0.1, 0.15) is 11.5 Å². The molecule has 0 spiro atoms. The molecule has 2 N–H and O–H groups in total. The molecule has 2 aromatic rings. The summed E-state index contributed by atoms with van der Waals surface area (Å²) in [7, 11) is 0. The zero-order chi connectivity index (χ0) is 11.7. The summed E-state index contributed by atoms with van der Waals surface area (Å²) in [4.78, 5) is 0. The molecule has 0 saturated carbocycles. The number of halogens is 3. The van der Waals surface area contributed by atoms with E-state index in [0.29, 0.717) is 5.69 Å². The van der Waals surface area contributed by atoms with Gasteiger partial charge in [0.2, 0.25) is 0 Å². The molecule has 0 amide bonds. The van der Waals surface area contributed by atoms with E-state index in [-0.39, 0.29) is 16.7 Å². The summed E-state index contributed by atoms with van der Waals surface area (Å²) >= 11 is 3.07. The maximum atomic E-state index is 13.5. The van der Waals surface area contributed by atoms with Crippen LogP contribution in [0.1, 0.15) is 5.69 Å². The number of nitrogens with two attached hydrogens (primary N) is 1. The molecule has 0 aliphatic carbocycles. The average Bonchev–Trinajstić information content (AvgIpc) is 2.64. The molecule has 1 aromatic heterocycles. The van der Waals surface area contributed by atoms with Gasteiger partial charge in [0.25, 0.3) is 0 Å². The second-order valence-corrected chi connectivity index (χ2v) is 3.93. The average molecular weight is 289 g/mol. The van der Waals surface area contributed by atoms with Crippen LogP contribution in [0.25, 0.3) is 5.69 Å². The van der Waals surface area contributed by atoms with E-state index >= 15 is 0 Å². The second-order valence-electron chi connectivity index (χ2n) is 3.08. The van der Waals surface area contributed by atoms with Gasteiger partial charge in [-0.05, 0) is 22.0 Å². The summed E-state index contributed by atoms with van der Waals surface area (Å²) in [6.45, 7) is 0.209. The van der Waals surface area contributed by atoms with Gasteiger partial charge >= 0.3 is 0 Å². The van der Waals surface area contributed by atoms with Crippen LogP contribution in [0, 0.1) is 11.6 Å². The van der Waals surface area contributed by atoms with Gasteiger partial charge in [0.05, 0.1) is 11.9 Å². The maximum Gasteiger partial charge on any atom is 0.152 e. The largest absolute Gasteiger partial charge is 0.325 e. The zero-order valence-electron chi connectivity index (χ0n) is 7.99. The third-order valence-electron chi connectivity index (χ3n) is 1.96. The highest BCUT2D eigenvalue weighted by Gasteiger charge is 2.13. The van der Waals surface area contributed by atoms with Gasteiger partial charge < -0.3 is 5.73 Å². The van der Waals surface area contributed by atoms with Crippen LogP contribution in [0.15, 0.2) is 22.8 Å². The van der Waals surface area contributed by atoms with E-state index < -0.39 is 11.6 Å². The number of hydrogen-bond acceptors (Lipinski definition) is 3. The lowest BCUT2D eigenvalue weighted by Crippen LogP contribution is -2.01. The van der Waals surface area contributed by atoms with Gasteiger partial charge in [-0.15, -0.1) is 5.10 Å². The molecule has 0 saturated heterocycles. The molecule has 16 heavy (non-hydrogen) atoms. The van der Waals surface area contributed by atoms with Gasteiger partial charge in [-0.3, -0.25) is 0 Å². The van der Waals surface area contributed by atoms with Gasteiger partial charge in [0, 0.05) is 17.1 Å². The summed E-state index contributed by atoms with van der Waals surface area (Å²) < 4.78 is 27.9. The lowest BCUT2D eigenvalue weighted by Gasteiger charge is -2.04. The molecule has 4 nitrogen and oxygen atoms in total. The minimum atomic E-state index is -0.722. The van der Waals surface area contributed by atoms with Crippen LogP contribution in [-0.2, 0) is 6.54 Å². The minimum Gasteiger partial charge on any atom is -0.325 e. The first-order valence-corrected chi connectivity index (χ1v) is 5.17. The molecule has 0 radical (unpaired) electrons. The van der Waals surface area contributed by atoms with Crippen molar-refractivity contribution in [3.05, 3.63) is 40.1 Å². The Morgan fingerprint density at radius 2 is 2.12 bits per heavy atom. The smallest absolute Gasteiger partial charge is 0.152 e. The summed E-state index contributed by atoms with van der Waals surface area (Å²) in [6.07, 6.45) is 1.49. The minimum absolute atomic E-state index is 0.105. The van der Waals surface area contributed by atoms with Gasteiger partial charge in [-0.2, -0.15) is 0 Å². The molecule has 7 heteroatoms. The Morgan fingerprint density at radius 1 is 1.38 bits per heavy atom. The predicted octanol–water partition coefficient (Wildman–Crippen LogP) is 1.77. The number of rotatable bonds is 2. The highest BCUT2D eigenvalue weighted by Crippen LogP contribution is 2.24. The Balaban J connectivity index is 2.55. The topological polar surface area (TPSA) is 56.7 Å².